The van der Waals surface area contributed by atoms with E-state index in [0.29, 0.717) is 4.88 Å². The lowest BCUT2D eigenvalue weighted by Gasteiger charge is -2.01. The van der Waals surface area contributed by atoms with Crippen LogP contribution in [-0.2, 0) is 0 Å². The molecule has 1 N–H and O–H groups in total. The molecule has 4 heteroatoms. The first-order valence-corrected chi connectivity index (χ1v) is 6.67. The first-order valence-electron chi connectivity index (χ1n) is 5.85. The van der Waals surface area contributed by atoms with Crippen LogP contribution in [0.25, 0.3) is 21.5 Å². The van der Waals surface area contributed by atoms with Gasteiger partial charge in [-0.05, 0) is 30.7 Å². The molecule has 0 saturated carbocycles. The number of carboxylic acids is 1. The number of nitrogens with zero attached hydrogens (tertiary/aromatic N) is 1. The molecule has 3 rings (SSSR count). The summed E-state index contributed by atoms with van der Waals surface area (Å²) in [6, 6.07) is 13.5. The molecule has 0 spiro atoms. The summed E-state index contributed by atoms with van der Waals surface area (Å²) in [5.41, 5.74) is 2.70. The van der Waals surface area contributed by atoms with Gasteiger partial charge in [0.1, 0.15) is 4.88 Å². The smallest absolute Gasteiger partial charge is 0.345 e. The number of pyridine rings is 1. The van der Waals surface area contributed by atoms with Gasteiger partial charge in [-0.1, -0.05) is 24.3 Å². The molecular weight excluding hydrogens is 258 g/mol. The molecule has 2 heterocycles. The number of thiophene rings is 1. The van der Waals surface area contributed by atoms with Gasteiger partial charge in [-0.2, -0.15) is 0 Å². The van der Waals surface area contributed by atoms with Crippen LogP contribution in [0.15, 0.2) is 42.5 Å². The maximum absolute atomic E-state index is 11.0. The second-order valence-corrected chi connectivity index (χ2v) is 5.37. The minimum absolute atomic E-state index is 0.349. The van der Waals surface area contributed by atoms with Gasteiger partial charge in [0.25, 0.3) is 0 Å². The first kappa shape index (κ1) is 11.9. The Hall–Kier alpha value is -2.20. The standard InChI is InChI=1S/C15H11NO2S/c1-9-8-13(15(17)18)19-14(9)12-7-6-10-4-2-3-5-11(10)16-12/h2-8H,1H3,(H,17,18). The van der Waals surface area contributed by atoms with Crippen molar-refractivity contribution in [3.63, 3.8) is 0 Å². The molecule has 1 aromatic carbocycles. The maximum Gasteiger partial charge on any atom is 0.345 e. The Morgan fingerprint density at radius 3 is 2.74 bits per heavy atom. The van der Waals surface area contributed by atoms with E-state index < -0.39 is 5.97 Å². The number of aromatic carboxylic acids is 1. The Morgan fingerprint density at radius 2 is 2.00 bits per heavy atom. The van der Waals surface area contributed by atoms with Crippen molar-refractivity contribution in [2.75, 3.05) is 0 Å². The largest absolute Gasteiger partial charge is 0.477 e. The van der Waals surface area contributed by atoms with Crippen LogP contribution in [0.1, 0.15) is 15.2 Å². The summed E-state index contributed by atoms with van der Waals surface area (Å²) in [6.07, 6.45) is 0. The molecule has 0 atom stereocenters. The van der Waals surface area contributed by atoms with Crippen molar-refractivity contribution in [2.45, 2.75) is 6.92 Å². The SMILES string of the molecule is Cc1cc(C(=O)O)sc1-c1ccc2ccccc2n1. The first-order chi connectivity index (χ1) is 9.15. The van der Waals surface area contributed by atoms with E-state index in [4.69, 9.17) is 5.11 Å². The number of carbonyl (C=O) groups is 1. The highest BCUT2D eigenvalue weighted by molar-refractivity contribution is 7.17. The molecule has 3 nitrogen and oxygen atoms in total. The molecule has 0 unspecified atom stereocenters. The highest BCUT2D eigenvalue weighted by atomic mass is 32.1. The van der Waals surface area contributed by atoms with Crippen LogP contribution in [0.4, 0.5) is 0 Å². The lowest BCUT2D eigenvalue weighted by Crippen LogP contribution is -1.89. The second kappa shape index (κ2) is 4.48. The zero-order valence-electron chi connectivity index (χ0n) is 10.3. The molecule has 2 aromatic heterocycles. The summed E-state index contributed by atoms with van der Waals surface area (Å²) in [4.78, 5) is 16.9. The monoisotopic (exact) mass is 269 g/mol. The van der Waals surface area contributed by atoms with E-state index in [2.05, 4.69) is 4.98 Å². The predicted molar refractivity (Wildman–Crippen MR) is 76.8 cm³/mol. The van der Waals surface area contributed by atoms with Crippen molar-refractivity contribution in [3.05, 3.63) is 52.9 Å². The number of fused-ring (bicyclic) bond motifs is 1. The summed E-state index contributed by atoms with van der Waals surface area (Å²) in [6.45, 7) is 1.91. The van der Waals surface area contributed by atoms with Gasteiger partial charge in [0.05, 0.1) is 16.1 Å². The van der Waals surface area contributed by atoms with Gasteiger partial charge in [-0.3, -0.25) is 0 Å². The zero-order chi connectivity index (χ0) is 13.4. The fourth-order valence-corrected chi connectivity index (χ4v) is 3.02. The molecular formula is C15H11NO2S. The van der Waals surface area contributed by atoms with Crippen molar-refractivity contribution < 1.29 is 9.90 Å². The molecule has 0 fully saturated rings. The fourth-order valence-electron chi connectivity index (χ4n) is 2.03. The van der Waals surface area contributed by atoms with E-state index >= 15 is 0 Å². The van der Waals surface area contributed by atoms with E-state index in [0.717, 1.165) is 27.0 Å². The minimum Gasteiger partial charge on any atom is -0.477 e. The molecule has 19 heavy (non-hydrogen) atoms. The van der Waals surface area contributed by atoms with Crippen molar-refractivity contribution in [2.24, 2.45) is 0 Å². The quantitative estimate of drug-likeness (QED) is 0.765. The third-order valence-corrected chi connectivity index (χ3v) is 4.21. The van der Waals surface area contributed by atoms with E-state index in [1.807, 2.05) is 43.3 Å². The average molecular weight is 269 g/mol. The Morgan fingerprint density at radius 1 is 1.21 bits per heavy atom. The lowest BCUT2D eigenvalue weighted by molar-refractivity contribution is 0.0702. The molecule has 0 radical (unpaired) electrons. The number of carboxylic acid groups (broad SMARTS) is 1. The number of aromatic nitrogens is 1. The highest BCUT2D eigenvalue weighted by Gasteiger charge is 2.13. The Bertz CT molecular complexity index is 777. The molecule has 0 amide bonds. The molecule has 3 aromatic rings. The Kier molecular flexibility index (Phi) is 2.80. The molecule has 0 aliphatic carbocycles. The van der Waals surface area contributed by atoms with Crippen molar-refractivity contribution in [1.82, 2.24) is 4.98 Å². The number of rotatable bonds is 2. The van der Waals surface area contributed by atoms with Crippen LogP contribution in [0.2, 0.25) is 0 Å². The molecule has 0 saturated heterocycles. The second-order valence-electron chi connectivity index (χ2n) is 4.32. The van der Waals surface area contributed by atoms with Gasteiger partial charge in [0.2, 0.25) is 0 Å². The number of aryl methyl sites for hydroxylation is 1. The van der Waals surface area contributed by atoms with Gasteiger partial charge in [-0.15, -0.1) is 11.3 Å². The van der Waals surface area contributed by atoms with Crippen molar-refractivity contribution >= 4 is 28.2 Å². The van der Waals surface area contributed by atoms with Gasteiger partial charge in [-0.25, -0.2) is 9.78 Å². The average Bonchev–Trinajstić information content (AvgIpc) is 2.80. The molecule has 94 valence electrons. The summed E-state index contributed by atoms with van der Waals surface area (Å²) in [5.74, 6) is -0.889. The van der Waals surface area contributed by atoms with Crippen LogP contribution < -0.4 is 0 Å². The minimum atomic E-state index is -0.889. The van der Waals surface area contributed by atoms with Gasteiger partial charge < -0.3 is 5.11 Å². The molecule has 0 aliphatic heterocycles. The molecule has 0 aliphatic rings. The van der Waals surface area contributed by atoms with E-state index in [1.54, 1.807) is 6.07 Å². The van der Waals surface area contributed by atoms with Crippen LogP contribution in [-0.4, -0.2) is 16.1 Å². The normalized spacial score (nSPS) is 10.8. The summed E-state index contributed by atoms with van der Waals surface area (Å²) in [7, 11) is 0. The highest BCUT2D eigenvalue weighted by Crippen LogP contribution is 2.32. The third kappa shape index (κ3) is 2.11. The predicted octanol–water partition coefficient (Wildman–Crippen LogP) is 3.97. The van der Waals surface area contributed by atoms with Gasteiger partial charge in [0.15, 0.2) is 0 Å². The van der Waals surface area contributed by atoms with Gasteiger partial charge >= 0.3 is 5.97 Å². The third-order valence-electron chi connectivity index (χ3n) is 2.96. The van der Waals surface area contributed by atoms with E-state index in [9.17, 15) is 4.79 Å². The number of para-hydroxylation sites is 1. The molecule has 0 bridgehead atoms. The number of benzene rings is 1. The van der Waals surface area contributed by atoms with Crippen LogP contribution in [0.3, 0.4) is 0 Å². The summed E-state index contributed by atoms with van der Waals surface area (Å²) in [5, 5.41) is 10.1. The van der Waals surface area contributed by atoms with Crippen LogP contribution in [0, 0.1) is 6.92 Å². The summed E-state index contributed by atoms with van der Waals surface area (Å²) >= 11 is 1.27. The number of hydrogen-bond donors (Lipinski definition) is 1. The Labute approximate surface area is 114 Å². The topological polar surface area (TPSA) is 50.2 Å². The zero-order valence-corrected chi connectivity index (χ0v) is 11.1. The lowest BCUT2D eigenvalue weighted by atomic mass is 10.1. The van der Waals surface area contributed by atoms with Crippen molar-refractivity contribution in [3.8, 4) is 10.6 Å². The van der Waals surface area contributed by atoms with Crippen molar-refractivity contribution in [1.29, 1.82) is 0 Å². The van der Waals surface area contributed by atoms with E-state index in [1.165, 1.54) is 11.3 Å². The fraction of sp³-hybridized carbons (Fsp3) is 0.0667. The summed E-state index contributed by atoms with van der Waals surface area (Å²) < 4.78 is 0. The number of hydrogen-bond acceptors (Lipinski definition) is 3. The van der Waals surface area contributed by atoms with Gasteiger partial charge in [0, 0.05) is 5.39 Å². The van der Waals surface area contributed by atoms with E-state index in [-0.39, 0.29) is 0 Å². The van der Waals surface area contributed by atoms with Crippen LogP contribution >= 0.6 is 11.3 Å². The Balaban J connectivity index is 2.16. The van der Waals surface area contributed by atoms with Crippen LogP contribution in [0.5, 0.6) is 0 Å². The maximum atomic E-state index is 11.0.